The van der Waals surface area contributed by atoms with Crippen LogP contribution in [0.2, 0.25) is 0 Å². The number of amides is 1. The maximum atomic E-state index is 12.0. The molecule has 2 heterocycles. The summed E-state index contributed by atoms with van der Waals surface area (Å²) in [5, 5.41) is 7.09. The van der Waals surface area contributed by atoms with Crippen LogP contribution in [-0.2, 0) is 4.79 Å². The molecule has 0 aromatic carbocycles. The first-order chi connectivity index (χ1) is 9.70. The summed E-state index contributed by atoms with van der Waals surface area (Å²) in [5.41, 5.74) is 0.698. The molecule has 0 aliphatic carbocycles. The van der Waals surface area contributed by atoms with Gasteiger partial charge in [0.25, 0.3) is 0 Å². The minimum atomic E-state index is 0.0214. The number of nitrogens with one attached hydrogen (secondary N) is 1. The average molecular weight is 272 g/mol. The molecule has 0 fully saturated rings. The number of hydrogen-bond donors (Lipinski definition) is 1. The van der Waals surface area contributed by atoms with Crippen molar-refractivity contribution in [3.8, 4) is 5.82 Å². The molecule has 20 heavy (non-hydrogen) atoms. The molecular weight excluding hydrogens is 252 g/mol. The fraction of sp³-hybridized carbons (Fsp3) is 0.400. The zero-order valence-corrected chi connectivity index (χ0v) is 11.9. The molecule has 0 saturated carbocycles. The van der Waals surface area contributed by atoms with E-state index in [-0.39, 0.29) is 11.8 Å². The molecule has 5 nitrogen and oxygen atoms in total. The van der Waals surface area contributed by atoms with Crippen LogP contribution in [0, 0.1) is 5.92 Å². The van der Waals surface area contributed by atoms with E-state index < -0.39 is 0 Å². The molecule has 0 bridgehead atoms. The van der Waals surface area contributed by atoms with Crippen molar-refractivity contribution in [2.24, 2.45) is 5.92 Å². The lowest BCUT2D eigenvalue weighted by atomic mass is 10.0. The largest absolute Gasteiger partial charge is 0.323 e. The molecule has 2 aromatic rings. The Morgan fingerprint density at radius 2 is 2.30 bits per heavy atom. The predicted octanol–water partition coefficient (Wildman–Crippen LogP) is 3.03. The molecule has 0 spiro atoms. The number of aromatic nitrogens is 3. The van der Waals surface area contributed by atoms with Gasteiger partial charge >= 0.3 is 0 Å². The van der Waals surface area contributed by atoms with Gasteiger partial charge < -0.3 is 5.32 Å². The van der Waals surface area contributed by atoms with Gasteiger partial charge in [-0.3, -0.25) is 4.79 Å². The Morgan fingerprint density at radius 3 is 3.00 bits per heavy atom. The van der Waals surface area contributed by atoms with Crippen LogP contribution >= 0.6 is 0 Å². The second-order valence-corrected chi connectivity index (χ2v) is 4.89. The van der Waals surface area contributed by atoms with E-state index in [0.29, 0.717) is 5.69 Å². The van der Waals surface area contributed by atoms with Crippen LogP contribution in [-0.4, -0.2) is 20.7 Å². The Labute approximate surface area is 119 Å². The summed E-state index contributed by atoms with van der Waals surface area (Å²) in [4.78, 5) is 16.2. The summed E-state index contributed by atoms with van der Waals surface area (Å²) in [6, 6.07) is 5.61. The normalized spacial score (nSPS) is 12.1. The third-order valence-electron chi connectivity index (χ3n) is 3.17. The predicted molar refractivity (Wildman–Crippen MR) is 78.7 cm³/mol. The van der Waals surface area contributed by atoms with Crippen LogP contribution in [0.25, 0.3) is 5.82 Å². The van der Waals surface area contributed by atoms with Crippen LogP contribution in [0.1, 0.15) is 33.1 Å². The third kappa shape index (κ3) is 3.66. The smallest absolute Gasteiger partial charge is 0.227 e. The number of hydrogen-bond acceptors (Lipinski definition) is 3. The minimum Gasteiger partial charge on any atom is -0.323 e. The van der Waals surface area contributed by atoms with Crippen molar-refractivity contribution < 1.29 is 4.79 Å². The van der Waals surface area contributed by atoms with E-state index in [0.717, 1.165) is 25.1 Å². The first-order valence-corrected chi connectivity index (χ1v) is 6.97. The molecule has 106 valence electrons. The van der Waals surface area contributed by atoms with Crippen LogP contribution in [0.5, 0.6) is 0 Å². The van der Waals surface area contributed by atoms with E-state index in [9.17, 15) is 4.79 Å². The van der Waals surface area contributed by atoms with Gasteiger partial charge in [0.1, 0.15) is 0 Å². The zero-order chi connectivity index (χ0) is 14.4. The maximum absolute atomic E-state index is 12.0. The van der Waals surface area contributed by atoms with Crippen LogP contribution in [0.3, 0.4) is 0 Å². The lowest BCUT2D eigenvalue weighted by Crippen LogP contribution is -2.20. The Balaban J connectivity index is 1.98. The first-order valence-electron chi connectivity index (χ1n) is 6.97. The van der Waals surface area contributed by atoms with Crippen molar-refractivity contribution in [1.29, 1.82) is 0 Å². The molecule has 0 radical (unpaired) electrons. The van der Waals surface area contributed by atoms with Gasteiger partial charge in [0.05, 0.1) is 18.1 Å². The highest BCUT2D eigenvalue weighted by Crippen LogP contribution is 2.13. The highest BCUT2D eigenvalue weighted by molar-refractivity contribution is 5.92. The molecule has 1 amide bonds. The molecular formula is C15H20N4O. The van der Waals surface area contributed by atoms with Gasteiger partial charge in [-0.05, 0) is 18.6 Å². The molecule has 0 aliphatic heterocycles. The van der Waals surface area contributed by atoms with E-state index in [2.05, 4.69) is 22.3 Å². The van der Waals surface area contributed by atoms with E-state index in [1.54, 1.807) is 23.3 Å². The van der Waals surface area contributed by atoms with Crippen molar-refractivity contribution in [2.75, 3.05) is 5.32 Å². The standard InChI is InChI=1S/C15H20N4O/c1-3-4-7-12(2)15(20)18-13-10-17-19(11-13)14-8-5-6-9-16-14/h5-6,8-12H,3-4,7H2,1-2H3,(H,18,20). The molecule has 2 aromatic heterocycles. The fourth-order valence-corrected chi connectivity index (χ4v) is 1.91. The molecule has 1 atom stereocenters. The Bertz CT molecular complexity index is 550. The Morgan fingerprint density at radius 1 is 1.45 bits per heavy atom. The topological polar surface area (TPSA) is 59.8 Å². The second kappa shape index (κ2) is 6.84. The number of unbranched alkanes of at least 4 members (excludes halogenated alkanes) is 1. The quantitative estimate of drug-likeness (QED) is 0.879. The minimum absolute atomic E-state index is 0.0214. The summed E-state index contributed by atoms with van der Waals surface area (Å²) in [7, 11) is 0. The van der Waals surface area contributed by atoms with Crippen molar-refractivity contribution in [3.63, 3.8) is 0 Å². The monoisotopic (exact) mass is 272 g/mol. The molecule has 5 heteroatoms. The van der Waals surface area contributed by atoms with Gasteiger partial charge in [-0.25, -0.2) is 9.67 Å². The molecule has 0 aliphatic rings. The summed E-state index contributed by atoms with van der Waals surface area (Å²) in [6.45, 7) is 4.08. The summed E-state index contributed by atoms with van der Waals surface area (Å²) in [6.07, 6.45) is 8.21. The molecule has 0 saturated heterocycles. The maximum Gasteiger partial charge on any atom is 0.227 e. The number of carbonyl (C=O) groups is 1. The first kappa shape index (κ1) is 14.2. The summed E-state index contributed by atoms with van der Waals surface area (Å²) < 4.78 is 1.65. The van der Waals surface area contributed by atoms with Crippen LogP contribution < -0.4 is 5.32 Å². The lowest BCUT2D eigenvalue weighted by Gasteiger charge is -2.09. The van der Waals surface area contributed by atoms with Gasteiger partial charge in [-0.15, -0.1) is 0 Å². The number of anilines is 1. The summed E-state index contributed by atoms with van der Waals surface area (Å²) in [5.74, 6) is 0.791. The highest BCUT2D eigenvalue weighted by Gasteiger charge is 2.13. The number of nitrogens with zero attached hydrogens (tertiary/aromatic N) is 3. The fourth-order valence-electron chi connectivity index (χ4n) is 1.91. The second-order valence-electron chi connectivity index (χ2n) is 4.89. The number of pyridine rings is 1. The summed E-state index contributed by atoms with van der Waals surface area (Å²) >= 11 is 0. The highest BCUT2D eigenvalue weighted by atomic mass is 16.1. The van der Waals surface area contributed by atoms with Crippen molar-refractivity contribution >= 4 is 11.6 Å². The van der Waals surface area contributed by atoms with Crippen molar-refractivity contribution in [2.45, 2.75) is 33.1 Å². The van der Waals surface area contributed by atoms with Gasteiger partial charge in [0, 0.05) is 12.1 Å². The van der Waals surface area contributed by atoms with Gasteiger partial charge in [0.15, 0.2) is 5.82 Å². The van der Waals surface area contributed by atoms with E-state index >= 15 is 0 Å². The molecule has 1 unspecified atom stereocenters. The average Bonchev–Trinajstić information content (AvgIpc) is 2.94. The SMILES string of the molecule is CCCCC(C)C(=O)Nc1cnn(-c2ccccn2)c1. The third-order valence-corrected chi connectivity index (χ3v) is 3.17. The molecule has 1 N–H and O–H groups in total. The van der Waals surface area contributed by atoms with Gasteiger partial charge in [-0.2, -0.15) is 5.10 Å². The van der Waals surface area contributed by atoms with Gasteiger partial charge in [-0.1, -0.05) is 32.8 Å². The Hall–Kier alpha value is -2.17. The van der Waals surface area contributed by atoms with Crippen LogP contribution in [0.15, 0.2) is 36.8 Å². The van der Waals surface area contributed by atoms with E-state index in [4.69, 9.17) is 0 Å². The van der Waals surface area contributed by atoms with Crippen molar-refractivity contribution in [3.05, 3.63) is 36.8 Å². The van der Waals surface area contributed by atoms with Crippen molar-refractivity contribution in [1.82, 2.24) is 14.8 Å². The lowest BCUT2D eigenvalue weighted by molar-refractivity contribution is -0.119. The Kier molecular flexibility index (Phi) is 4.87. The van der Waals surface area contributed by atoms with Crippen LogP contribution in [0.4, 0.5) is 5.69 Å². The van der Waals surface area contributed by atoms with Gasteiger partial charge in [0.2, 0.25) is 5.91 Å². The number of rotatable bonds is 6. The zero-order valence-electron chi connectivity index (χ0n) is 11.9. The number of carbonyl (C=O) groups excluding carboxylic acids is 1. The molecule has 2 rings (SSSR count). The van der Waals surface area contributed by atoms with E-state index in [1.165, 1.54) is 0 Å². The van der Waals surface area contributed by atoms with E-state index in [1.807, 2.05) is 25.1 Å².